The maximum Gasteiger partial charge on any atom is 0.224 e. The van der Waals surface area contributed by atoms with Crippen LogP contribution in [-0.2, 0) is 11.2 Å². The Morgan fingerprint density at radius 3 is 2.79 bits per heavy atom. The average Bonchev–Trinajstić information content (AvgIpc) is 2.39. The van der Waals surface area contributed by atoms with E-state index >= 15 is 0 Å². The van der Waals surface area contributed by atoms with E-state index in [0.717, 1.165) is 0 Å². The second kappa shape index (κ2) is 6.53. The molecule has 1 atom stereocenters. The summed E-state index contributed by atoms with van der Waals surface area (Å²) < 4.78 is 12.9. The Morgan fingerprint density at radius 2 is 2.26 bits per heavy atom. The molecule has 0 saturated carbocycles. The van der Waals surface area contributed by atoms with Gasteiger partial charge in [-0.05, 0) is 31.0 Å². The van der Waals surface area contributed by atoms with E-state index in [1.54, 1.807) is 6.92 Å². The van der Waals surface area contributed by atoms with Crippen LogP contribution in [-0.4, -0.2) is 12.5 Å². The summed E-state index contributed by atoms with van der Waals surface area (Å²) in [5.41, 5.74) is -0.00172. The topological polar surface area (TPSA) is 52.9 Å². The molecule has 0 aliphatic rings. The van der Waals surface area contributed by atoms with Crippen molar-refractivity contribution in [1.29, 1.82) is 5.26 Å². The normalized spacial score (nSPS) is 13.4. The lowest BCUT2D eigenvalue weighted by Crippen LogP contribution is -2.35. The van der Waals surface area contributed by atoms with Gasteiger partial charge in [0.25, 0.3) is 0 Å². The molecule has 1 rings (SSSR count). The third kappa shape index (κ3) is 4.53. The van der Waals surface area contributed by atoms with Gasteiger partial charge in [-0.3, -0.25) is 4.79 Å². The number of hydrogen-bond donors (Lipinski definition) is 1. The molecule has 5 heteroatoms. The number of carbonyl (C=O) groups is 1. The maximum absolute atomic E-state index is 12.9. The first-order valence-corrected chi connectivity index (χ1v) is 6.40. The van der Waals surface area contributed by atoms with Crippen molar-refractivity contribution in [3.63, 3.8) is 0 Å². The molecule has 1 N–H and O–H groups in total. The van der Waals surface area contributed by atoms with E-state index in [1.807, 2.05) is 6.92 Å². The second-order valence-corrected chi connectivity index (χ2v) is 5.12. The number of nitriles is 1. The summed E-state index contributed by atoms with van der Waals surface area (Å²) in [5, 5.41) is 11.9. The molecule has 0 radical (unpaired) electrons. The van der Waals surface area contributed by atoms with E-state index in [0.29, 0.717) is 12.0 Å². The third-order valence-electron chi connectivity index (χ3n) is 3.09. The van der Waals surface area contributed by atoms with Crippen molar-refractivity contribution in [1.82, 2.24) is 5.32 Å². The fourth-order valence-electron chi connectivity index (χ4n) is 1.44. The largest absolute Gasteiger partial charge is 0.354 e. The summed E-state index contributed by atoms with van der Waals surface area (Å²) in [6.45, 7) is 3.97. The van der Waals surface area contributed by atoms with Gasteiger partial charge in [0, 0.05) is 11.6 Å². The Kier molecular flexibility index (Phi) is 5.31. The number of carbonyl (C=O) groups excluding carboxylic acids is 1. The van der Waals surface area contributed by atoms with Crippen LogP contribution in [0, 0.1) is 22.6 Å². The number of hydrogen-bond acceptors (Lipinski definition) is 2. The van der Waals surface area contributed by atoms with E-state index in [4.69, 9.17) is 16.9 Å². The molecule has 0 aliphatic carbocycles. The van der Waals surface area contributed by atoms with Crippen LogP contribution in [0.25, 0.3) is 0 Å². The van der Waals surface area contributed by atoms with Gasteiger partial charge in [-0.25, -0.2) is 4.39 Å². The molecular weight excluding hydrogens is 267 g/mol. The van der Waals surface area contributed by atoms with Crippen LogP contribution in [0.5, 0.6) is 0 Å². The average molecular weight is 283 g/mol. The number of benzene rings is 1. The molecule has 0 spiro atoms. The molecule has 0 bridgehead atoms. The first kappa shape index (κ1) is 15.5. The lowest BCUT2D eigenvalue weighted by molar-refractivity contribution is -0.120. The molecule has 1 aromatic rings. The Bertz CT molecular complexity index is 513. The highest BCUT2D eigenvalue weighted by molar-refractivity contribution is 6.31. The summed E-state index contributed by atoms with van der Waals surface area (Å²) in [5.74, 6) is -0.666. The quantitative estimate of drug-likeness (QED) is 0.902. The summed E-state index contributed by atoms with van der Waals surface area (Å²) >= 11 is 5.85. The summed E-state index contributed by atoms with van der Waals surface area (Å²) in [7, 11) is 0. The van der Waals surface area contributed by atoms with Crippen LogP contribution in [0.15, 0.2) is 18.2 Å². The minimum Gasteiger partial charge on any atom is -0.354 e. The molecule has 1 unspecified atom stereocenters. The Labute approximate surface area is 117 Å². The zero-order chi connectivity index (χ0) is 14.5. The van der Waals surface area contributed by atoms with Gasteiger partial charge in [-0.2, -0.15) is 5.26 Å². The Balaban J connectivity index is 2.59. The van der Waals surface area contributed by atoms with E-state index in [9.17, 15) is 9.18 Å². The predicted molar refractivity (Wildman–Crippen MR) is 72.1 cm³/mol. The molecular formula is C14H16ClFN2O. The van der Waals surface area contributed by atoms with Crippen molar-refractivity contribution in [2.75, 3.05) is 6.54 Å². The Hall–Kier alpha value is -1.60. The van der Waals surface area contributed by atoms with Crippen LogP contribution < -0.4 is 5.32 Å². The van der Waals surface area contributed by atoms with Gasteiger partial charge in [0.15, 0.2) is 0 Å². The van der Waals surface area contributed by atoms with Gasteiger partial charge in [0.2, 0.25) is 5.91 Å². The van der Waals surface area contributed by atoms with Crippen molar-refractivity contribution in [2.24, 2.45) is 5.41 Å². The maximum atomic E-state index is 12.9. The van der Waals surface area contributed by atoms with Gasteiger partial charge in [0.05, 0.1) is 17.9 Å². The van der Waals surface area contributed by atoms with Crippen LogP contribution in [0.3, 0.4) is 0 Å². The highest BCUT2D eigenvalue weighted by Gasteiger charge is 2.22. The minimum atomic E-state index is -0.567. The van der Waals surface area contributed by atoms with Gasteiger partial charge < -0.3 is 5.32 Å². The van der Waals surface area contributed by atoms with Gasteiger partial charge in [-0.15, -0.1) is 0 Å². The number of rotatable bonds is 5. The lowest BCUT2D eigenvalue weighted by atomic mass is 9.89. The fraction of sp³-hybridized carbons (Fsp3) is 0.429. The summed E-state index contributed by atoms with van der Waals surface area (Å²) in [6.07, 6.45) is 0.728. The first-order chi connectivity index (χ1) is 8.90. The number of halogens is 2. The van der Waals surface area contributed by atoms with E-state index in [1.165, 1.54) is 18.2 Å². The number of amides is 1. The van der Waals surface area contributed by atoms with E-state index < -0.39 is 11.2 Å². The molecule has 0 fully saturated rings. The van der Waals surface area contributed by atoms with E-state index in [-0.39, 0.29) is 23.9 Å². The predicted octanol–water partition coefficient (Wildman–Crippen LogP) is 3.08. The molecule has 1 aromatic carbocycles. The monoisotopic (exact) mass is 282 g/mol. The summed E-state index contributed by atoms with van der Waals surface area (Å²) in [6, 6.07) is 6.10. The van der Waals surface area contributed by atoms with Crippen molar-refractivity contribution < 1.29 is 9.18 Å². The van der Waals surface area contributed by atoms with E-state index in [2.05, 4.69) is 11.4 Å². The molecule has 1 amide bonds. The number of nitrogens with zero attached hydrogens (tertiary/aromatic N) is 1. The van der Waals surface area contributed by atoms with Gasteiger partial charge >= 0.3 is 0 Å². The van der Waals surface area contributed by atoms with Crippen molar-refractivity contribution in [3.05, 3.63) is 34.6 Å². The molecule has 102 valence electrons. The fourth-order valence-corrected chi connectivity index (χ4v) is 1.67. The van der Waals surface area contributed by atoms with Crippen LogP contribution in [0.4, 0.5) is 4.39 Å². The van der Waals surface area contributed by atoms with Crippen molar-refractivity contribution >= 4 is 17.5 Å². The standard InChI is InChI=1S/C14H16ClFN2O/c1-3-14(2,8-17)9-18-13(19)6-10-4-5-11(16)7-12(10)15/h4-5,7H,3,6,9H2,1-2H3,(H,18,19). The zero-order valence-corrected chi connectivity index (χ0v) is 11.7. The molecule has 0 aromatic heterocycles. The highest BCUT2D eigenvalue weighted by atomic mass is 35.5. The molecule has 0 aliphatic heterocycles. The highest BCUT2D eigenvalue weighted by Crippen LogP contribution is 2.19. The summed E-state index contributed by atoms with van der Waals surface area (Å²) in [4.78, 5) is 11.8. The lowest BCUT2D eigenvalue weighted by Gasteiger charge is -2.19. The van der Waals surface area contributed by atoms with Crippen LogP contribution in [0.1, 0.15) is 25.8 Å². The Morgan fingerprint density at radius 1 is 1.58 bits per heavy atom. The minimum absolute atomic E-state index is 0.0737. The van der Waals surface area contributed by atoms with Crippen molar-refractivity contribution in [2.45, 2.75) is 26.7 Å². The van der Waals surface area contributed by atoms with Crippen LogP contribution in [0.2, 0.25) is 5.02 Å². The second-order valence-electron chi connectivity index (χ2n) is 4.72. The molecule has 19 heavy (non-hydrogen) atoms. The van der Waals surface area contributed by atoms with Crippen molar-refractivity contribution in [3.8, 4) is 6.07 Å². The smallest absolute Gasteiger partial charge is 0.224 e. The number of nitrogens with one attached hydrogen (secondary N) is 1. The van der Waals surface area contributed by atoms with Gasteiger partial charge in [0.1, 0.15) is 5.82 Å². The molecule has 3 nitrogen and oxygen atoms in total. The van der Waals surface area contributed by atoms with Crippen LogP contribution >= 0.6 is 11.6 Å². The molecule has 0 heterocycles. The van der Waals surface area contributed by atoms with Gasteiger partial charge in [-0.1, -0.05) is 24.6 Å². The SMILES string of the molecule is CCC(C)(C#N)CNC(=O)Cc1ccc(F)cc1Cl. The first-order valence-electron chi connectivity index (χ1n) is 6.02. The molecule has 0 saturated heterocycles. The zero-order valence-electron chi connectivity index (χ0n) is 11.0. The third-order valence-corrected chi connectivity index (χ3v) is 3.44.